The second kappa shape index (κ2) is 11.6. The van der Waals surface area contributed by atoms with Crippen molar-refractivity contribution in [3.63, 3.8) is 0 Å². The summed E-state index contributed by atoms with van der Waals surface area (Å²) in [6, 6.07) is 5.20. The highest BCUT2D eigenvalue weighted by molar-refractivity contribution is 5.79. The number of unbranched alkanes of at least 4 members (excludes halogenated alkanes) is 2. The Kier molecular flexibility index (Phi) is 9.87. The van der Waals surface area contributed by atoms with Crippen LogP contribution in [0, 0.1) is 6.92 Å². The molecule has 0 atom stereocenters. The highest BCUT2D eigenvalue weighted by atomic mass is 19.4. The Morgan fingerprint density at radius 3 is 2.58 bits per heavy atom. The summed E-state index contributed by atoms with van der Waals surface area (Å²) in [6.07, 6.45) is -1.33. The van der Waals surface area contributed by atoms with E-state index in [0.29, 0.717) is 18.1 Å². The van der Waals surface area contributed by atoms with Gasteiger partial charge in [-0.3, -0.25) is 4.99 Å². The Hall–Kier alpha value is -1.96. The second-order valence-corrected chi connectivity index (χ2v) is 5.92. The van der Waals surface area contributed by atoms with Crippen LogP contribution in [0.1, 0.15) is 30.4 Å². The number of rotatable bonds is 10. The SMILES string of the molecule is CN=C(NCCCCCOC)NCc1ccc(C)cc1OCC(F)(F)F. The van der Waals surface area contributed by atoms with Gasteiger partial charge in [-0.25, -0.2) is 0 Å². The van der Waals surface area contributed by atoms with Gasteiger partial charge >= 0.3 is 6.18 Å². The number of methoxy groups -OCH3 is 1. The number of benzene rings is 1. The molecule has 8 heteroatoms. The molecule has 1 aromatic carbocycles. The first-order chi connectivity index (χ1) is 12.4. The van der Waals surface area contributed by atoms with Crippen molar-refractivity contribution in [3.8, 4) is 5.75 Å². The van der Waals surface area contributed by atoms with Crippen molar-refractivity contribution in [2.24, 2.45) is 4.99 Å². The fraction of sp³-hybridized carbons (Fsp3) is 0.611. The third-order valence-electron chi connectivity index (χ3n) is 3.60. The van der Waals surface area contributed by atoms with Gasteiger partial charge in [-0.05, 0) is 37.8 Å². The van der Waals surface area contributed by atoms with Crippen molar-refractivity contribution >= 4 is 5.96 Å². The van der Waals surface area contributed by atoms with E-state index in [4.69, 9.17) is 9.47 Å². The maximum atomic E-state index is 12.4. The average Bonchev–Trinajstić information content (AvgIpc) is 2.59. The molecule has 0 aromatic heterocycles. The van der Waals surface area contributed by atoms with E-state index in [1.54, 1.807) is 26.3 Å². The smallest absolute Gasteiger partial charge is 0.422 e. The third-order valence-corrected chi connectivity index (χ3v) is 3.60. The standard InChI is InChI=1S/C18H28F3N3O2/c1-14-7-8-15(16(11-14)26-13-18(19,20)21)12-24-17(22-2)23-9-5-4-6-10-25-3/h7-8,11H,4-6,9-10,12-13H2,1-3H3,(H2,22,23,24). The number of halogens is 3. The van der Waals surface area contributed by atoms with Crippen molar-refractivity contribution < 1.29 is 22.6 Å². The third kappa shape index (κ3) is 9.50. The Balaban J connectivity index is 2.51. The molecule has 0 saturated heterocycles. The Morgan fingerprint density at radius 1 is 1.15 bits per heavy atom. The molecule has 148 valence electrons. The molecule has 0 heterocycles. The van der Waals surface area contributed by atoms with E-state index in [2.05, 4.69) is 15.6 Å². The molecule has 0 unspecified atom stereocenters. The summed E-state index contributed by atoms with van der Waals surface area (Å²) >= 11 is 0. The lowest BCUT2D eigenvalue weighted by molar-refractivity contribution is -0.153. The molecule has 0 spiro atoms. The van der Waals surface area contributed by atoms with Crippen molar-refractivity contribution in [1.29, 1.82) is 0 Å². The van der Waals surface area contributed by atoms with E-state index >= 15 is 0 Å². The average molecular weight is 375 g/mol. The Bertz CT molecular complexity index is 563. The molecule has 0 fully saturated rings. The summed E-state index contributed by atoms with van der Waals surface area (Å²) in [6.45, 7) is 2.33. The lowest BCUT2D eigenvalue weighted by Gasteiger charge is -2.16. The fourth-order valence-electron chi connectivity index (χ4n) is 2.26. The number of nitrogens with one attached hydrogen (secondary N) is 2. The first-order valence-corrected chi connectivity index (χ1v) is 8.58. The molecule has 0 aliphatic carbocycles. The molecule has 1 aromatic rings. The molecule has 0 radical (unpaired) electrons. The molecule has 0 saturated carbocycles. The van der Waals surface area contributed by atoms with E-state index in [0.717, 1.165) is 38.0 Å². The minimum Gasteiger partial charge on any atom is -0.484 e. The normalized spacial score (nSPS) is 12.2. The number of alkyl halides is 3. The van der Waals surface area contributed by atoms with Gasteiger partial charge < -0.3 is 20.1 Å². The zero-order valence-electron chi connectivity index (χ0n) is 15.6. The largest absolute Gasteiger partial charge is 0.484 e. The summed E-state index contributed by atoms with van der Waals surface area (Å²) in [5.74, 6) is 0.823. The quantitative estimate of drug-likeness (QED) is 0.374. The van der Waals surface area contributed by atoms with Crippen LogP contribution < -0.4 is 15.4 Å². The van der Waals surface area contributed by atoms with Gasteiger partial charge in [0.25, 0.3) is 0 Å². The van der Waals surface area contributed by atoms with Gasteiger partial charge in [0.2, 0.25) is 0 Å². The van der Waals surface area contributed by atoms with Gasteiger partial charge in [-0.2, -0.15) is 13.2 Å². The number of hydrogen-bond acceptors (Lipinski definition) is 3. The summed E-state index contributed by atoms with van der Waals surface area (Å²) in [5.41, 5.74) is 1.48. The van der Waals surface area contributed by atoms with E-state index in [-0.39, 0.29) is 5.75 Å². The second-order valence-electron chi connectivity index (χ2n) is 5.92. The molecule has 0 bridgehead atoms. The van der Waals surface area contributed by atoms with Crippen LogP contribution in [0.15, 0.2) is 23.2 Å². The van der Waals surface area contributed by atoms with Crippen molar-refractivity contribution in [2.75, 3.05) is 33.9 Å². The van der Waals surface area contributed by atoms with E-state index in [9.17, 15) is 13.2 Å². The zero-order valence-corrected chi connectivity index (χ0v) is 15.6. The molecular formula is C18H28F3N3O2. The van der Waals surface area contributed by atoms with Gasteiger partial charge in [0.1, 0.15) is 5.75 Å². The van der Waals surface area contributed by atoms with E-state index in [1.807, 2.05) is 13.0 Å². The lowest BCUT2D eigenvalue weighted by atomic mass is 10.1. The van der Waals surface area contributed by atoms with Crippen LogP contribution in [0.2, 0.25) is 0 Å². The van der Waals surface area contributed by atoms with Crippen LogP contribution in [0.3, 0.4) is 0 Å². The summed E-state index contributed by atoms with van der Waals surface area (Å²) in [4.78, 5) is 4.12. The molecule has 5 nitrogen and oxygen atoms in total. The molecule has 1 rings (SSSR count). The van der Waals surface area contributed by atoms with Crippen molar-refractivity contribution in [1.82, 2.24) is 10.6 Å². The van der Waals surface area contributed by atoms with Crippen LogP contribution in [-0.4, -0.2) is 46.1 Å². The summed E-state index contributed by atoms with van der Waals surface area (Å²) in [5, 5.41) is 6.28. The first kappa shape index (κ1) is 22.1. The molecular weight excluding hydrogens is 347 g/mol. The molecule has 0 aliphatic heterocycles. The first-order valence-electron chi connectivity index (χ1n) is 8.58. The number of nitrogens with zero attached hydrogens (tertiary/aromatic N) is 1. The van der Waals surface area contributed by atoms with Crippen molar-refractivity contribution in [3.05, 3.63) is 29.3 Å². The number of aryl methyl sites for hydroxylation is 1. The molecule has 26 heavy (non-hydrogen) atoms. The highest BCUT2D eigenvalue weighted by Crippen LogP contribution is 2.23. The number of aliphatic imine (C=N–C) groups is 1. The molecule has 2 N–H and O–H groups in total. The number of ether oxygens (including phenoxy) is 2. The van der Waals surface area contributed by atoms with E-state index in [1.165, 1.54) is 0 Å². The van der Waals surface area contributed by atoms with Crippen LogP contribution in [0.5, 0.6) is 5.75 Å². The number of hydrogen-bond donors (Lipinski definition) is 2. The number of guanidine groups is 1. The lowest BCUT2D eigenvalue weighted by Crippen LogP contribution is -2.37. The maximum Gasteiger partial charge on any atom is 0.422 e. The van der Waals surface area contributed by atoms with Gasteiger partial charge in [-0.15, -0.1) is 0 Å². The minimum atomic E-state index is -4.37. The van der Waals surface area contributed by atoms with Gasteiger partial charge in [0, 0.05) is 39.4 Å². The minimum absolute atomic E-state index is 0.227. The predicted molar refractivity (Wildman–Crippen MR) is 96.7 cm³/mol. The summed E-state index contributed by atoms with van der Waals surface area (Å²) in [7, 11) is 3.33. The maximum absolute atomic E-state index is 12.4. The van der Waals surface area contributed by atoms with Crippen LogP contribution in [-0.2, 0) is 11.3 Å². The predicted octanol–water partition coefficient (Wildman–Crippen LogP) is 3.42. The van der Waals surface area contributed by atoms with Crippen LogP contribution in [0.4, 0.5) is 13.2 Å². The van der Waals surface area contributed by atoms with Gasteiger partial charge in [-0.1, -0.05) is 12.1 Å². The Morgan fingerprint density at radius 2 is 1.92 bits per heavy atom. The molecule has 0 aliphatic rings. The van der Waals surface area contributed by atoms with Crippen LogP contribution in [0.25, 0.3) is 0 Å². The topological polar surface area (TPSA) is 54.9 Å². The fourth-order valence-corrected chi connectivity index (χ4v) is 2.26. The Labute approximate surface area is 153 Å². The van der Waals surface area contributed by atoms with Gasteiger partial charge in [0.05, 0.1) is 0 Å². The van der Waals surface area contributed by atoms with E-state index < -0.39 is 12.8 Å². The summed E-state index contributed by atoms with van der Waals surface area (Å²) < 4.78 is 47.2. The van der Waals surface area contributed by atoms with Gasteiger partial charge in [0.15, 0.2) is 12.6 Å². The zero-order chi connectivity index (χ0) is 19.4. The molecule has 0 amide bonds. The highest BCUT2D eigenvalue weighted by Gasteiger charge is 2.28. The van der Waals surface area contributed by atoms with Crippen LogP contribution >= 0.6 is 0 Å². The van der Waals surface area contributed by atoms with Crippen molar-refractivity contribution in [2.45, 2.75) is 38.9 Å². The monoisotopic (exact) mass is 375 g/mol.